The Kier molecular flexibility index (Phi) is 8.02. The first kappa shape index (κ1) is 21.9. The molecular weight excluding hydrogens is 448 g/mol. The van der Waals surface area contributed by atoms with Crippen molar-refractivity contribution in [2.45, 2.75) is 26.7 Å². The highest BCUT2D eigenvalue weighted by Crippen LogP contribution is 2.25. The van der Waals surface area contributed by atoms with E-state index in [-0.39, 0.29) is 18.7 Å². The van der Waals surface area contributed by atoms with Crippen molar-refractivity contribution in [3.8, 4) is 0 Å². The van der Waals surface area contributed by atoms with E-state index in [9.17, 15) is 14.4 Å². The van der Waals surface area contributed by atoms with Gasteiger partial charge in [0.1, 0.15) is 0 Å². The minimum Gasteiger partial charge on any atom is -0.456 e. The number of rotatable bonds is 7. The van der Waals surface area contributed by atoms with Crippen LogP contribution in [0.25, 0.3) is 0 Å². The number of carbonyl (C=O) groups excluding carboxylic acids is 3. The zero-order valence-electron chi connectivity index (χ0n) is 15.5. The summed E-state index contributed by atoms with van der Waals surface area (Å²) >= 11 is 9.27. The van der Waals surface area contributed by atoms with Gasteiger partial charge < -0.3 is 15.4 Å². The van der Waals surface area contributed by atoms with E-state index in [2.05, 4.69) is 26.6 Å². The fourth-order valence-corrected chi connectivity index (χ4v) is 2.95. The lowest BCUT2D eigenvalue weighted by Crippen LogP contribution is -2.22. The highest BCUT2D eigenvalue weighted by molar-refractivity contribution is 9.10. The molecule has 6 nitrogen and oxygen atoms in total. The summed E-state index contributed by atoms with van der Waals surface area (Å²) in [5.41, 5.74) is 3.14. The molecule has 2 aromatic carbocycles. The van der Waals surface area contributed by atoms with E-state index in [1.807, 2.05) is 19.9 Å². The summed E-state index contributed by atoms with van der Waals surface area (Å²) in [6.07, 6.45) is -0.186. The molecule has 2 N–H and O–H groups in total. The standard InChI is InChI=1S/C20H20BrClN2O4/c1-12-13(2)17(7-6-16(12)21)24-19(26)11-28-20(27)9-8-18(25)23-15-5-3-4-14(22)10-15/h3-7,10H,8-9,11H2,1-2H3,(H,23,25)(H,24,26). The van der Waals surface area contributed by atoms with Crippen LogP contribution in [0.1, 0.15) is 24.0 Å². The summed E-state index contributed by atoms with van der Waals surface area (Å²) in [7, 11) is 0. The van der Waals surface area contributed by atoms with Gasteiger partial charge in [0, 0.05) is 27.3 Å². The molecule has 0 fully saturated rings. The second kappa shape index (κ2) is 10.2. The van der Waals surface area contributed by atoms with Gasteiger partial charge in [-0.05, 0) is 55.3 Å². The fraction of sp³-hybridized carbons (Fsp3) is 0.250. The van der Waals surface area contributed by atoms with Crippen molar-refractivity contribution in [3.05, 3.63) is 57.0 Å². The molecule has 0 unspecified atom stereocenters. The predicted octanol–water partition coefficient (Wildman–Crippen LogP) is 4.62. The average molecular weight is 468 g/mol. The molecule has 0 bridgehead atoms. The number of esters is 1. The highest BCUT2D eigenvalue weighted by Gasteiger charge is 2.12. The van der Waals surface area contributed by atoms with Crippen molar-refractivity contribution in [2.75, 3.05) is 17.2 Å². The molecular formula is C20H20BrClN2O4. The molecule has 0 aromatic heterocycles. The van der Waals surface area contributed by atoms with E-state index in [0.717, 1.165) is 15.6 Å². The Labute approximate surface area is 176 Å². The van der Waals surface area contributed by atoms with Crippen LogP contribution >= 0.6 is 27.5 Å². The van der Waals surface area contributed by atoms with Crippen molar-refractivity contribution in [2.24, 2.45) is 0 Å². The molecule has 148 valence electrons. The Bertz CT molecular complexity index is 902. The number of hydrogen-bond donors (Lipinski definition) is 2. The molecule has 28 heavy (non-hydrogen) atoms. The lowest BCUT2D eigenvalue weighted by molar-refractivity contribution is -0.147. The quantitative estimate of drug-likeness (QED) is 0.582. The normalized spacial score (nSPS) is 10.3. The third-order valence-electron chi connectivity index (χ3n) is 4.02. The number of hydrogen-bond acceptors (Lipinski definition) is 4. The maximum atomic E-state index is 12.0. The SMILES string of the molecule is Cc1c(Br)ccc(NC(=O)COC(=O)CCC(=O)Nc2cccc(Cl)c2)c1C. The number of nitrogens with one attached hydrogen (secondary N) is 2. The molecule has 8 heteroatoms. The average Bonchev–Trinajstić information content (AvgIpc) is 2.65. The Morgan fingerprint density at radius 1 is 1.00 bits per heavy atom. The number of carbonyl (C=O) groups is 3. The van der Waals surface area contributed by atoms with Gasteiger partial charge in [0.2, 0.25) is 5.91 Å². The molecule has 0 heterocycles. The Morgan fingerprint density at radius 3 is 2.46 bits per heavy atom. The third kappa shape index (κ3) is 6.65. The summed E-state index contributed by atoms with van der Waals surface area (Å²) in [5, 5.41) is 5.84. The number of ether oxygens (including phenoxy) is 1. The van der Waals surface area contributed by atoms with Crippen LogP contribution in [-0.2, 0) is 19.1 Å². The Balaban J connectivity index is 1.74. The van der Waals surface area contributed by atoms with Crippen LogP contribution in [0.4, 0.5) is 11.4 Å². The first-order valence-corrected chi connectivity index (χ1v) is 9.70. The van der Waals surface area contributed by atoms with Gasteiger partial charge in [0.15, 0.2) is 6.61 Å². The van der Waals surface area contributed by atoms with Crippen molar-refractivity contribution in [1.29, 1.82) is 0 Å². The van der Waals surface area contributed by atoms with Gasteiger partial charge in [0.25, 0.3) is 5.91 Å². The number of anilines is 2. The third-order valence-corrected chi connectivity index (χ3v) is 5.12. The molecule has 0 spiro atoms. The van der Waals surface area contributed by atoms with E-state index >= 15 is 0 Å². The molecule has 0 aliphatic rings. The van der Waals surface area contributed by atoms with Crippen LogP contribution in [0.15, 0.2) is 40.9 Å². The van der Waals surface area contributed by atoms with Crippen molar-refractivity contribution >= 4 is 56.7 Å². The van der Waals surface area contributed by atoms with Gasteiger partial charge in [-0.15, -0.1) is 0 Å². The molecule has 0 saturated carbocycles. The zero-order valence-corrected chi connectivity index (χ0v) is 17.8. The highest BCUT2D eigenvalue weighted by atomic mass is 79.9. The van der Waals surface area contributed by atoms with Gasteiger partial charge in [-0.3, -0.25) is 14.4 Å². The Hall–Kier alpha value is -2.38. The maximum absolute atomic E-state index is 12.0. The van der Waals surface area contributed by atoms with Gasteiger partial charge in [0.05, 0.1) is 6.42 Å². The zero-order chi connectivity index (χ0) is 20.7. The van der Waals surface area contributed by atoms with E-state index in [0.29, 0.717) is 16.4 Å². The lowest BCUT2D eigenvalue weighted by Gasteiger charge is -2.12. The molecule has 0 aliphatic heterocycles. The minimum atomic E-state index is -0.625. The molecule has 0 radical (unpaired) electrons. The van der Waals surface area contributed by atoms with Crippen LogP contribution < -0.4 is 10.6 Å². The predicted molar refractivity (Wildman–Crippen MR) is 113 cm³/mol. The number of benzene rings is 2. The summed E-state index contributed by atoms with van der Waals surface area (Å²) in [5.74, 6) is -1.41. The van der Waals surface area contributed by atoms with Crippen LogP contribution in [0.5, 0.6) is 0 Å². The maximum Gasteiger partial charge on any atom is 0.306 e. The lowest BCUT2D eigenvalue weighted by atomic mass is 10.1. The van der Waals surface area contributed by atoms with Crippen molar-refractivity contribution < 1.29 is 19.1 Å². The molecule has 2 amide bonds. The van der Waals surface area contributed by atoms with E-state index in [1.165, 1.54) is 0 Å². The van der Waals surface area contributed by atoms with Crippen LogP contribution in [0.2, 0.25) is 5.02 Å². The smallest absolute Gasteiger partial charge is 0.306 e. The van der Waals surface area contributed by atoms with Crippen LogP contribution in [-0.4, -0.2) is 24.4 Å². The summed E-state index contributed by atoms with van der Waals surface area (Å²) in [6.45, 7) is 3.41. The number of amides is 2. The largest absolute Gasteiger partial charge is 0.456 e. The first-order chi connectivity index (χ1) is 13.3. The van der Waals surface area contributed by atoms with Crippen molar-refractivity contribution in [3.63, 3.8) is 0 Å². The Morgan fingerprint density at radius 2 is 1.75 bits per heavy atom. The van der Waals surface area contributed by atoms with Crippen LogP contribution in [0.3, 0.4) is 0 Å². The molecule has 0 aliphatic carbocycles. The van der Waals surface area contributed by atoms with Gasteiger partial charge in [-0.1, -0.05) is 33.6 Å². The number of halogens is 2. The first-order valence-electron chi connectivity index (χ1n) is 8.53. The van der Waals surface area contributed by atoms with E-state index < -0.39 is 18.5 Å². The van der Waals surface area contributed by atoms with Gasteiger partial charge in [-0.25, -0.2) is 0 Å². The topological polar surface area (TPSA) is 84.5 Å². The van der Waals surface area contributed by atoms with Gasteiger partial charge >= 0.3 is 5.97 Å². The van der Waals surface area contributed by atoms with Crippen LogP contribution in [0, 0.1) is 13.8 Å². The molecule has 2 aromatic rings. The van der Waals surface area contributed by atoms with E-state index in [4.69, 9.17) is 16.3 Å². The minimum absolute atomic E-state index is 0.0576. The van der Waals surface area contributed by atoms with Gasteiger partial charge in [-0.2, -0.15) is 0 Å². The second-order valence-electron chi connectivity index (χ2n) is 6.11. The molecule has 0 saturated heterocycles. The summed E-state index contributed by atoms with van der Waals surface area (Å²) < 4.78 is 5.88. The molecule has 0 atom stereocenters. The summed E-state index contributed by atoms with van der Waals surface area (Å²) in [6, 6.07) is 10.3. The van der Waals surface area contributed by atoms with E-state index in [1.54, 1.807) is 30.3 Å². The van der Waals surface area contributed by atoms with Crippen molar-refractivity contribution in [1.82, 2.24) is 0 Å². The summed E-state index contributed by atoms with van der Waals surface area (Å²) in [4.78, 5) is 35.6. The monoisotopic (exact) mass is 466 g/mol. The molecule has 2 rings (SSSR count). The fourth-order valence-electron chi connectivity index (χ4n) is 2.33. The second-order valence-corrected chi connectivity index (χ2v) is 7.40.